The van der Waals surface area contributed by atoms with Crippen molar-refractivity contribution in [2.24, 2.45) is 0 Å². The van der Waals surface area contributed by atoms with Gasteiger partial charge in [0.15, 0.2) is 11.6 Å². The van der Waals surface area contributed by atoms with E-state index in [2.05, 4.69) is 5.32 Å². The molecule has 0 radical (unpaired) electrons. The number of aromatic hydroxyl groups is 1. The largest absolute Gasteiger partial charge is 0.505 e. The molecule has 2 N–H and O–H groups in total. The zero-order chi connectivity index (χ0) is 16.6. The van der Waals surface area contributed by atoms with Crippen LogP contribution in [0.15, 0.2) is 46.2 Å². The van der Waals surface area contributed by atoms with Crippen LogP contribution >= 0.6 is 0 Å². The molecule has 122 valence electrons. The molecule has 1 heterocycles. The third-order valence-electron chi connectivity index (χ3n) is 4.28. The molecule has 0 amide bonds. The van der Waals surface area contributed by atoms with E-state index in [-0.39, 0.29) is 9.79 Å². The Morgan fingerprint density at radius 1 is 1.17 bits per heavy atom. The van der Waals surface area contributed by atoms with E-state index in [1.54, 1.807) is 12.1 Å². The number of halogens is 1. The van der Waals surface area contributed by atoms with E-state index < -0.39 is 21.4 Å². The van der Waals surface area contributed by atoms with Crippen LogP contribution in [-0.2, 0) is 9.84 Å². The van der Waals surface area contributed by atoms with Crippen LogP contribution in [0.5, 0.6) is 5.75 Å². The van der Waals surface area contributed by atoms with Gasteiger partial charge < -0.3 is 10.4 Å². The van der Waals surface area contributed by atoms with Crippen molar-refractivity contribution in [2.75, 3.05) is 13.1 Å². The molecule has 1 fully saturated rings. The van der Waals surface area contributed by atoms with Gasteiger partial charge in [-0.05, 0) is 67.3 Å². The molecule has 0 saturated carbocycles. The van der Waals surface area contributed by atoms with E-state index >= 15 is 0 Å². The molecular weight excluding hydrogens is 317 g/mol. The Labute approximate surface area is 134 Å². The van der Waals surface area contributed by atoms with Crippen molar-refractivity contribution in [3.05, 3.63) is 53.3 Å². The molecule has 2 aromatic carbocycles. The standard InChI is InChI=1S/C17H18FNO3S/c1-11-8-13(2-4-15(11)12-6-7-19-10-12)23(21,22)14-3-5-17(20)16(18)9-14/h2-5,8-9,12,19-20H,6-7,10H2,1H3. The molecule has 0 aromatic heterocycles. The Morgan fingerprint density at radius 3 is 2.48 bits per heavy atom. The van der Waals surface area contributed by atoms with Gasteiger partial charge in [-0.1, -0.05) is 6.07 Å². The summed E-state index contributed by atoms with van der Waals surface area (Å²) >= 11 is 0. The summed E-state index contributed by atoms with van der Waals surface area (Å²) in [6, 6.07) is 8.14. The lowest BCUT2D eigenvalue weighted by Gasteiger charge is -2.14. The second-order valence-corrected chi connectivity index (χ2v) is 7.77. The molecule has 1 saturated heterocycles. The van der Waals surface area contributed by atoms with Crippen LogP contribution in [0.1, 0.15) is 23.5 Å². The first-order chi connectivity index (χ1) is 10.9. The second-order valence-electron chi connectivity index (χ2n) is 5.82. The summed E-state index contributed by atoms with van der Waals surface area (Å²) < 4.78 is 38.7. The second kappa shape index (κ2) is 5.94. The number of nitrogens with one attached hydrogen (secondary N) is 1. The number of hydrogen-bond acceptors (Lipinski definition) is 4. The van der Waals surface area contributed by atoms with Crippen LogP contribution in [0, 0.1) is 12.7 Å². The normalized spacial score (nSPS) is 18.3. The summed E-state index contributed by atoms with van der Waals surface area (Å²) in [7, 11) is -3.81. The highest BCUT2D eigenvalue weighted by Gasteiger charge is 2.23. The van der Waals surface area contributed by atoms with E-state index in [0.29, 0.717) is 5.92 Å². The Morgan fingerprint density at radius 2 is 1.87 bits per heavy atom. The fourth-order valence-electron chi connectivity index (χ4n) is 2.98. The molecule has 0 bridgehead atoms. The topological polar surface area (TPSA) is 66.4 Å². The van der Waals surface area contributed by atoms with Gasteiger partial charge in [0, 0.05) is 6.54 Å². The minimum Gasteiger partial charge on any atom is -0.505 e. The van der Waals surface area contributed by atoms with E-state index in [9.17, 15) is 17.9 Å². The number of sulfone groups is 1. The molecular formula is C17H18FNO3S. The fourth-order valence-corrected chi connectivity index (χ4v) is 4.34. The maximum Gasteiger partial charge on any atom is 0.206 e. The molecule has 1 atom stereocenters. The van der Waals surface area contributed by atoms with Crippen LogP contribution in [0.25, 0.3) is 0 Å². The lowest BCUT2D eigenvalue weighted by molar-refractivity contribution is 0.431. The van der Waals surface area contributed by atoms with Gasteiger partial charge >= 0.3 is 0 Å². The quantitative estimate of drug-likeness (QED) is 0.905. The zero-order valence-electron chi connectivity index (χ0n) is 12.7. The van der Waals surface area contributed by atoms with Gasteiger partial charge in [-0.2, -0.15) is 0 Å². The van der Waals surface area contributed by atoms with E-state index in [1.165, 1.54) is 6.07 Å². The lowest BCUT2D eigenvalue weighted by Crippen LogP contribution is -2.09. The van der Waals surface area contributed by atoms with Crippen LogP contribution in [-0.4, -0.2) is 26.6 Å². The first kappa shape index (κ1) is 16.0. The van der Waals surface area contributed by atoms with E-state index in [4.69, 9.17) is 0 Å². The highest BCUT2D eigenvalue weighted by Crippen LogP contribution is 2.30. The van der Waals surface area contributed by atoms with Gasteiger partial charge in [0.05, 0.1) is 9.79 Å². The first-order valence-electron chi connectivity index (χ1n) is 7.44. The number of phenolic OH excluding ortho intramolecular Hbond substituents is 1. The van der Waals surface area contributed by atoms with Crippen LogP contribution < -0.4 is 5.32 Å². The SMILES string of the molecule is Cc1cc(S(=O)(=O)c2ccc(O)c(F)c2)ccc1C1CCNC1. The summed E-state index contributed by atoms with van der Waals surface area (Å²) in [5, 5.41) is 12.5. The van der Waals surface area contributed by atoms with Crippen molar-refractivity contribution in [3.63, 3.8) is 0 Å². The monoisotopic (exact) mass is 335 g/mol. The maximum atomic E-state index is 13.5. The van der Waals surface area contributed by atoms with Crippen molar-refractivity contribution >= 4 is 9.84 Å². The predicted octanol–water partition coefficient (Wildman–Crippen LogP) is 2.75. The highest BCUT2D eigenvalue weighted by atomic mass is 32.2. The third kappa shape index (κ3) is 2.96. The number of benzene rings is 2. The summed E-state index contributed by atoms with van der Waals surface area (Å²) in [5.74, 6) is -1.11. The molecule has 23 heavy (non-hydrogen) atoms. The zero-order valence-corrected chi connectivity index (χ0v) is 13.5. The number of rotatable bonds is 3. The van der Waals surface area contributed by atoms with Crippen molar-refractivity contribution < 1.29 is 17.9 Å². The smallest absolute Gasteiger partial charge is 0.206 e. The summed E-state index contributed by atoms with van der Waals surface area (Å²) in [6.45, 7) is 3.76. The molecule has 1 aliphatic heterocycles. The van der Waals surface area contributed by atoms with Crippen LogP contribution in [0.3, 0.4) is 0 Å². The van der Waals surface area contributed by atoms with Crippen LogP contribution in [0.2, 0.25) is 0 Å². The summed E-state index contributed by atoms with van der Waals surface area (Å²) in [5.41, 5.74) is 2.06. The Kier molecular flexibility index (Phi) is 4.12. The van der Waals surface area contributed by atoms with E-state index in [0.717, 1.165) is 42.8 Å². The van der Waals surface area contributed by atoms with Gasteiger partial charge in [0.25, 0.3) is 0 Å². The molecule has 6 heteroatoms. The van der Waals surface area contributed by atoms with Gasteiger partial charge in [-0.25, -0.2) is 12.8 Å². The summed E-state index contributed by atoms with van der Waals surface area (Å²) in [4.78, 5) is -0.0303. The Bertz CT molecular complexity index is 843. The number of phenols is 1. The maximum absolute atomic E-state index is 13.5. The van der Waals surface area contributed by atoms with Gasteiger partial charge in [-0.15, -0.1) is 0 Å². The minimum atomic E-state index is -3.81. The molecule has 3 rings (SSSR count). The molecule has 4 nitrogen and oxygen atoms in total. The molecule has 2 aromatic rings. The summed E-state index contributed by atoms with van der Waals surface area (Å²) in [6.07, 6.45) is 1.04. The molecule has 1 aliphatic rings. The minimum absolute atomic E-state index is 0.134. The van der Waals surface area contributed by atoms with Crippen molar-refractivity contribution in [1.82, 2.24) is 5.32 Å². The van der Waals surface area contributed by atoms with Crippen molar-refractivity contribution in [1.29, 1.82) is 0 Å². The first-order valence-corrected chi connectivity index (χ1v) is 8.93. The molecule has 0 spiro atoms. The number of aryl methyl sites for hydroxylation is 1. The van der Waals surface area contributed by atoms with Crippen molar-refractivity contribution in [3.8, 4) is 5.75 Å². The lowest BCUT2D eigenvalue weighted by atomic mass is 9.94. The van der Waals surface area contributed by atoms with Gasteiger partial charge in [0.1, 0.15) is 0 Å². The van der Waals surface area contributed by atoms with Crippen molar-refractivity contribution in [2.45, 2.75) is 29.1 Å². The fraction of sp³-hybridized carbons (Fsp3) is 0.294. The highest BCUT2D eigenvalue weighted by molar-refractivity contribution is 7.91. The van der Waals surface area contributed by atoms with E-state index in [1.807, 2.05) is 13.0 Å². The number of hydrogen-bond donors (Lipinski definition) is 2. The molecule has 0 aliphatic carbocycles. The average molecular weight is 335 g/mol. The van der Waals surface area contributed by atoms with Crippen LogP contribution in [0.4, 0.5) is 4.39 Å². The Balaban J connectivity index is 1.99. The van der Waals surface area contributed by atoms with Gasteiger partial charge in [-0.3, -0.25) is 0 Å². The Hall–Kier alpha value is -1.92. The van der Waals surface area contributed by atoms with Gasteiger partial charge in [0.2, 0.25) is 9.84 Å². The third-order valence-corrected chi connectivity index (χ3v) is 6.03. The molecule has 1 unspecified atom stereocenters. The predicted molar refractivity (Wildman–Crippen MR) is 84.9 cm³/mol. The average Bonchev–Trinajstić information content (AvgIpc) is 3.03.